The Kier molecular flexibility index (Phi) is 4.23. The Labute approximate surface area is 144 Å². The molecule has 0 aliphatic carbocycles. The second-order valence-electron chi connectivity index (χ2n) is 4.90. The molecular formula is C16H11ClF3NO2S. The van der Waals surface area contributed by atoms with Gasteiger partial charge in [0.1, 0.15) is 0 Å². The Morgan fingerprint density at radius 3 is 2.58 bits per heavy atom. The van der Waals surface area contributed by atoms with Gasteiger partial charge in [0.25, 0.3) is 0 Å². The van der Waals surface area contributed by atoms with Gasteiger partial charge in [0.15, 0.2) is 11.5 Å². The van der Waals surface area contributed by atoms with Crippen LogP contribution < -0.4 is 5.32 Å². The predicted octanol–water partition coefficient (Wildman–Crippen LogP) is 6.09. The third kappa shape index (κ3) is 2.85. The molecule has 2 N–H and O–H groups in total. The van der Waals surface area contributed by atoms with Crippen molar-refractivity contribution in [2.75, 3.05) is 12.4 Å². The molecule has 24 heavy (non-hydrogen) atoms. The molecule has 2 aromatic heterocycles. The zero-order valence-electron chi connectivity index (χ0n) is 12.2. The van der Waals surface area contributed by atoms with Crippen molar-refractivity contribution in [1.29, 1.82) is 0 Å². The largest absolute Gasteiger partial charge is 0.504 e. The highest BCUT2D eigenvalue weighted by Gasteiger charge is 2.34. The summed E-state index contributed by atoms with van der Waals surface area (Å²) in [6, 6.07) is 6.98. The lowest BCUT2D eigenvalue weighted by atomic mass is 10.0. The number of nitrogens with one attached hydrogen (secondary N) is 1. The first-order valence-electron chi connectivity index (χ1n) is 6.77. The van der Waals surface area contributed by atoms with Gasteiger partial charge >= 0.3 is 6.18 Å². The van der Waals surface area contributed by atoms with Crippen LogP contribution in [0, 0.1) is 0 Å². The first-order chi connectivity index (χ1) is 11.3. The van der Waals surface area contributed by atoms with Crippen molar-refractivity contribution in [1.82, 2.24) is 0 Å². The molecule has 0 fully saturated rings. The topological polar surface area (TPSA) is 45.4 Å². The van der Waals surface area contributed by atoms with Crippen LogP contribution in [0.3, 0.4) is 0 Å². The third-order valence-corrected chi connectivity index (χ3v) is 4.61. The molecule has 3 rings (SSSR count). The molecule has 0 saturated heterocycles. The summed E-state index contributed by atoms with van der Waals surface area (Å²) in [5, 5.41) is 14.6. The van der Waals surface area contributed by atoms with Gasteiger partial charge in [0.05, 0.1) is 21.0 Å². The highest BCUT2D eigenvalue weighted by atomic mass is 35.5. The van der Waals surface area contributed by atoms with Gasteiger partial charge in [-0.2, -0.15) is 13.2 Å². The lowest BCUT2D eigenvalue weighted by Crippen LogP contribution is -2.06. The summed E-state index contributed by atoms with van der Waals surface area (Å²) in [6.45, 7) is 0. The van der Waals surface area contributed by atoms with Gasteiger partial charge in [-0.25, -0.2) is 0 Å². The molecule has 0 amide bonds. The van der Waals surface area contributed by atoms with E-state index in [-0.39, 0.29) is 28.5 Å². The van der Waals surface area contributed by atoms with Crippen LogP contribution in [0.2, 0.25) is 5.02 Å². The maximum Gasteiger partial charge on any atom is 0.417 e. The number of rotatable bonds is 3. The van der Waals surface area contributed by atoms with Gasteiger partial charge in [-0.3, -0.25) is 0 Å². The first kappa shape index (κ1) is 16.7. The van der Waals surface area contributed by atoms with E-state index in [0.717, 1.165) is 12.1 Å². The van der Waals surface area contributed by atoms with E-state index in [1.165, 1.54) is 17.4 Å². The summed E-state index contributed by atoms with van der Waals surface area (Å²) in [5.41, 5.74) is -0.662. The number of furan rings is 1. The Hall–Kier alpha value is -2.12. The summed E-state index contributed by atoms with van der Waals surface area (Å²) in [7, 11) is 1.56. The summed E-state index contributed by atoms with van der Waals surface area (Å²) in [6.07, 6.45) is -4.59. The van der Waals surface area contributed by atoms with Crippen LogP contribution in [0.4, 0.5) is 19.1 Å². The van der Waals surface area contributed by atoms with Crippen molar-refractivity contribution in [3.8, 4) is 27.5 Å². The molecule has 2 heterocycles. The van der Waals surface area contributed by atoms with Crippen molar-refractivity contribution >= 4 is 28.8 Å². The van der Waals surface area contributed by atoms with E-state index in [0.29, 0.717) is 4.88 Å². The molecule has 1 aromatic carbocycles. The predicted molar refractivity (Wildman–Crippen MR) is 88.7 cm³/mol. The van der Waals surface area contributed by atoms with E-state index in [1.54, 1.807) is 24.6 Å². The van der Waals surface area contributed by atoms with E-state index in [4.69, 9.17) is 16.0 Å². The van der Waals surface area contributed by atoms with E-state index in [9.17, 15) is 18.3 Å². The average Bonchev–Trinajstić information content (AvgIpc) is 3.14. The molecule has 0 unspecified atom stereocenters. The number of anilines is 1. The summed E-state index contributed by atoms with van der Waals surface area (Å²) in [5.74, 6) is 0.149. The van der Waals surface area contributed by atoms with E-state index in [2.05, 4.69) is 5.32 Å². The van der Waals surface area contributed by atoms with E-state index < -0.39 is 16.8 Å². The zero-order valence-corrected chi connectivity index (χ0v) is 13.8. The van der Waals surface area contributed by atoms with Crippen molar-refractivity contribution in [3.05, 3.63) is 46.3 Å². The highest BCUT2D eigenvalue weighted by molar-refractivity contribution is 7.13. The normalized spacial score (nSPS) is 11.7. The molecule has 0 bridgehead atoms. The maximum absolute atomic E-state index is 13.1. The molecule has 8 heteroatoms. The van der Waals surface area contributed by atoms with Gasteiger partial charge in [0.2, 0.25) is 5.88 Å². The van der Waals surface area contributed by atoms with Crippen molar-refractivity contribution in [2.24, 2.45) is 0 Å². The van der Waals surface area contributed by atoms with Crippen molar-refractivity contribution in [3.63, 3.8) is 0 Å². The van der Waals surface area contributed by atoms with Crippen molar-refractivity contribution < 1.29 is 22.7 Å². The lowest BCUT2D eigenvalue weighted by Gasteiger charge is -2.11. The molecule has 0 spiro atoms. The third-order valence-electron chi connectivity index (χ3n) is 3.42. The van der Waals surface area contributed by atoms with E-state index >= 15 is 0 Å². The number of aromatic hydroxyl groups is 1. The molecule has 0 atom stereocenters. The lowest BCUT2D eigenvalue weighted by molar-refractivity contribution is -0.137. The Morgan fingerprint density at radius 2 is 2.00 bits per heavy atom. The highest BCUT2D eigenvalue weighted by Crippen LogP contribution is 2.48. The van der Waals surface area contributed by atoms with Crippen LogP contribution in [0.1, 0.15) is 5.56 Å². The summed E-state index contributed by atoms with van der Waals surface area (Å²) < 4.78 is 44.8. The van der Waals surface area contributed by atoms with Crippen LogP contribution in [0.15, 0.2) is 40.1 Å². The smallest absolute Gasteiger partial charge is 0.417 e. The van der Waals surface area contributed by atoms with Gasteiger partial charge in [-0.15, -0.1) is 11.3 Å². The fraction of sp³-hybridized carbons (Fsp3) is 0.125. The van der Waals surface area contributed by atoms with Crippen LogP contribution in [-0.4, -0.2) is 12.2 Å². The molecule has 0 aliphatic rings. The van der Waals surface area contributed by atoms with E-state index in [1.807, 2.05) is 0 Å². The molecular weight excluding hydrogens is 363 g/mol. The molecule has 0 radical (unpaired) electrons. The molecule has 3 nitrogen and oxygen atoms in total. The SMILES string of the molecule is CNc1oc(-c2cccs2)c(O)c1-c1ccc(Cl)c(C(F)(F)F)c1. The molecule has 126 valence electrons. The summed E-state index contributed by atoms with van der Waals surface area (Å²) in [4.78, 5) is 0.667. The number of halogens is 4. The van der Waals surface area contributed by atoms with Gasteiger partial charge in [-0.05, 0) is 29.1 Å². The van der Waals surface area contributed by atoms with Crippen LogP contribution >= 0.6 is 22.9 Å². The Morgan fingerprint density at radius 1 is 1.25 bits per heavy atom. The minimum absolute atomic E-state index is 0.153. The first-order valence-corrected chi connectivity index (χ1v) is 8.03. The molecule has 3 aromatic rings. The van der Waals surface area contributed by atoms with Crippen LogP contribution in [0.25, 0.3) is 21.8 Å². The maximum atomic E-state index is 13.1. The number of hydrogen-bond donors (Lipinski definition) is 2. The Balaban J connectivity index is 2.20. The van der Waals surface area contributed by atoms with Crippen molar-refractivity contribution in [2.45, 2.75) is 6.18 Å². The minimum atomic E-state index is -4.59. The molecule has 0 aliphatic heterocycles. The number of thiophene rings is 1. The number of benzene rings is 1. The molecule has 0 saturated carbocycles. The average molecular weight is 374 g/mol. The monoisotopic (exact) mass is 373 g/mol. The fourth-order valence-corrected chi connectivity index (χ4v) is 3.27. The minimum Gasteiger partial charge on any atom is -0.504 e. The van der Waals surface area contributed by atoms with Gasteiger partial charge < -0.3 is 14.8 Å². The fourth-order valence-electron chi connectivity index (χ4n) is 2.34. The number of alkyl halides is 3. The van der Waals surface area contributed by atoms with Crippen LogP contribution in [0.5, 0.6) is 5.75 Å². The Bertz CT molecular complexity index is 872. The zero-order chi connectivity index (χ0) is 17.5. The number of hydrogen-bond acceptors (Lipinski definition) is 4. The standard InChI is InChI=1S/C16H11ClF3NO2S/c1-21-15-12(13(22)14(23-15)11-3-2-6-24-11)8-4-5-10(17)9(7-8)16(18,19)20/h2-7,21-22H,1H3. The van der Waals surface area contributed by atoms with Gasteiger partial charge in [0, 0.05) is 7.05 Å². The van der Waals surface area contributed by atoms with Crippen LogP contribution in [-0.2, 0) is 6.18 Å². The quantitative estimate of drug-likeness (QED) is 0.583. The second kappa shape index (κ2) is 6.07. The summed E-state index contributed by atoms with van der Waals surface area (Å²) >= 11 is 6.99. The second-order valence-corrected chi connectivity index (χ2v) is 6.26. The van der Waals surface area contributed by atoms with Gasteiger partial charge in [-0.1, -0.05) is 23.7 Å².